The van der Waals surface area contributed by atoms with Crippen molar-refractivity contribution in [1.82, 2.24) is 0 Å². The maximum atomic E-state index is 11.4. The highest BCUT2D eigenvalue weighted by Crippen LogP contribution is 2.25. The van der Waals surface area contributed by atoms with E-state index in [1.807, 2.05) is 6.92 Å². The van der Waals surface area contributed by atoms with Crippen LogP contribution in [0.1, 0.15) is 26.7 Å². The Bertz CT molecular complexity index is 184. The fraction of sp³-hybridized carbons (Fsp3) is 0.700. The van der Waals surface area contributed by atoms with Crippen LogP contribution in [0.2, 0.25) is 0 Å². The van der Waals surface area contributed by atoms with E-state index in [1.54, 1.807) is 0 Å². The Hall–Kier alpha value is -0.790. The van der Waals surface area contributed by atoms with Gasteiger partial charge in [0.15, 0.2) is 0 Å². The van der Waals surface area contributed by atoms with Crippen molar-refractivity contribution in [3.05, 3.63) is 12.2 Å². The van der Waals surface area contributed by atoms with Gasteiger partial charge in [-0.2, -0.15) is 0 Å². The standard InChI is InChI=1S/C10H16O2/c1-3-12-10(11)9-7-5-4-6-8(9)2/h4,6,8-9H,3,5,7H2,1-2H3. The van der Waals surface area contributed by atoms with Crippen LogP contribution >= 0.6 is 0 Å². The lowest BCUT2D eigenvalue weighted by atomic mass is 9.85. The Morgan fingerprint density at radius 3 is 3.00 bits per heavy atom. The molecule has 0 saturated carbocycles. The molecule has 0 heterocycles. The van der Waals surface area contributed by atoms with E-state index in [9.17, 15) is 4.79 Å². The number of esters is 1. The lowest BCUT2D eigenvalue weighted by Gasteiger charge is -2.22. The monoisotopic (exact) mass is 168 g/mol. The minimum atomic E-state index is -0.0330. The molecular formula is C10H16O2. The number of ether oxygens (including phenoxy) is 1. The number of hydrogen-bond acceptors (Lipinski definition) is 2. The zero-order valence-electron chi connectivity index (χ0n) is 7.75. The number of hydrogen-bond donors (Lipinski definition) is 0. The van der Waals surface area contributed by atoms with Gasteiger partial charge in [0.2, 0.25) is 0 Å². The molecule has 2 nitrogen and oxygen atoms in total. The third-order valence-electron chi connectivity index (χ3n) is 2.31. The molecule has 0 fully saturated rings. The quantitative estimate of drug-likeness (QED) is 0.466. The summed E-state index contributed by atoms with van der Waals surface area (Å²) in [7, 11) is 0. The van der Waals surface area contributed by atoms with E-state index in [0.29, 0.717) is 12.5 Å². The third kappa shape index (κ3) is 2.10. The molecule has 1 aliphatic carbocycles. The van der Waals surface area contributed by atoms with Crippen LogP contribution in [0.4, 0.5) is 0 Å². The zero-order chi connectivity index (χ0) is 8.97. The molecule has 1 rings (SSSR count). The summed E-state index contributed by atoms with van der Waals surface area (Å²) >= 11 is 0. The molecule has 0 saturated heterocycles. The van der Waals surface area contributed by atoms with Gasteiger partial charge in [-0.25, -0.2) is 0 Å². The molecule has 0 aromatic rings. The summed E-state index contributed by atoms with van der Waals surface area (Å²) in [5.41, 5.74) is 0. The van der Waals surface area contributed by atoms with E-state index < -0.39 is 0 Å². The van der Waals surface area contributed by atoms with Crippen molar-refractivity contribution in [2.75, 3.05) is 6.61 Å². The largest absolute Gasteiger partial charge is 0.466 e. The number of carbonyl (C=O) groups excluding carboxylic acids is 1. The van der Waals surface area contributed by atoms with Crippen molar-refractivity contribution in [3.63, 3.8) is 0 Å². The second-order valence-corrected chi connectivity index (χ2v) is 3.22. The molecule has 0 spiro atoms. The van der Waals surface area contributed by atoms with Gasteiger partial charge in [-0.1, -0.05) is 19.1 Å². The summed E-state index contributed by atoms with van der Waals surface area (Å²) < 4.78 is 4.98. The molecule has 2 unspecified atom stereocenters. The molecule has 68 valence electrons. The van der Waals surface area contributed by atoms with Gasteiger partial charge < -0.3 is 4.74 Å². The van der Waals surface area contributed by atoms with Crippen LogP contribution in [0.3, 0.4) is 0 Å². The minimum Gasteiger partial charge on any atom is -0.466 e. The van der Waals surface area contributed by atoms with Crippen LogP contribution in [0.5, 0.6) is 0 Å². The van der Waals surface area contributed by atoms with Crippen molar-refractivity contribution in [3.8, 4) is 0 Å². The topological polar surface area (TPSA) is 26.3 Å². The van der Waals surface area contributed by atoms with Crippen molar-refractivity contribution in [2.45, 2.75) is 26.7 Å². The normalized spacial score (nSPS) is 28.5. The zero-order valence-corrected chi connectivity index (χ0v) is 7.75. The van der Waals surface area contributed by atoms with E-state index in [4.69, 9.17) is 4.74 Å². The molecule has 0 radical (unpaired) electrons. The Kier molecular flexibility index (Phi) is 3.32. The van der Waals surface area contributed by atoms with E-state index >= 15 is 0 Å². The minimum absolute atomic E-state index is 0.0330. The fourth-order valence-electron chi connectivity index (χ4n) is 1.57. The Balaban J connectivity index is 2.50. The van der Waals surface area contributed by atoms with E-state index in [2.05, 4.69) is 19.1 Å². The van der Waals surface area contributed by atoms with Crippen molar-refractivity contribution in [1.29, 1.82) is 0 Å². The second kappa shape index (κ2) is 4.29. The third-order valence-corrected chi connectivity index (χ3v) is 2.31. The predicted molar refractivity (Wildman–Crippen MR) is 47.7 cm³/mol. The van der Waals surface area contributed by atoms with Crippen LogP contribution in [-0.4, -0.2) is 12.6 Å². The van der Waals surface area contributed by atoms with Crippen LogP contribution in [0.25, 0.3) is 0 Å². The molecule has 0 bridgehead atoms. The number of carbonyl (C=O) groups is 1. The summed E-state index contributed by atoms with van der Waals surface area (Å²) in [5.74, 6) is 0.405. The van der Waals surface area contributed by atoms with Gasteiger partial charge in [0, 0.05) is 0 Å². The summed E-state index contributed by atoms with van der Waals surface area (Å²) in [6.45, 7) is 4.41. The van der Waals surface area contributed by atoms with Crippen molar-refractivity contribution < 1.29 is 9.53 Å². The van der Waals surface area contributed by atoms with E-state index in [1.165, 1.54) is 0 Å². The first kappa shape index (κ1) is 9.30. The number of rotatable bonds is 2. The molecule has 0 aromatic heterocycles. The predicted octanol–water partition coefficient (Wildman–Crippen LogP) is 2.15. The molecule has 0 aliphatic heterocycles. The fourth-order valence-corrected chi connectivity index (χ4v) is 1.57. The lowest BCUT2D eigenvalue weighted by molar-refractivity contribution is -0.149. The van der Waals surface area contributed by atoms with Gasteiger partial charge in [-0.15, -0.1) is 0 Å². The first-order valence-corrected chi connectivity index (χ1v) is 4.59. The lowest BCUT2D eigenvalue weighted by Crippen LogP contribution is -2.24. The van der Waals surface area contributed by atoms with Crippen LogP contribution in [-0.2, 0) is 9.53 Å². The highest BCUT2D eigenvalue weighted by molar-refractivity contribution is 5.73. The summed E-state index contributed by atoms with van der Waals surface area (Å²) in [4.78, 5) is 11.4. The smallest absolute Gasteiger partial charge is 0.309 e. The second-order valence-electron chi connectivity index (χ2n) is 3.22. The van der Waals surface area contributed by atoms with Gasteiger partial charge in [0.25, 0.3) is 0 Å². The summed E-state index contributed by atoms with van der Waals surface area (Å²) in [5, 5.41) is 0. The average molecular weight is 168 g/mol. The first-order chi connectivity index (χ1) is 5.75. The highest BCUT2D eigenvalue weighted by atomic mass is 16.5. The van der Waals surface area contributed by atoms with Gasteiger partial charge in [-0.3, -0.25) is 4.79 Å². The first-order valence-electron chi connectivity index (χ1n) is 4.59. The van der Waals surface area contributed by atoms with Gasteiger partial charge in [-0.05, 0) is 25.7 Å². The van der Waals surface area contributed by atoms with E-state index in [-0.39, 0.29) is 11.9 Å². The Morgan fingerprint density at radius 1 is 1.67 bits per heavy atom. The van der Waals surface area contributed by atoms with Crippen molar-refractivity contribution >= 4 is 5.97 Å². The van der Waals surface area contributed by atoms with Gasteiger partial charge >= 0.3 is 5.97 Å². The molecular weight excluding hydrogens is 152 g/mol. The molecule has 12 heavy (non-hydrogen) atoms. The molecule has 0 amide bonds. The van der Waals surface area contributed by atoms with Crippen LogP contribution < -0.4 is 0 Å². The number of allylic oxidation sites excluding steroid dienone is 2. The molecule has 2 atom stereocenters. The molecule has 2 heteroatoms. The summed E-state index contributed by atoms with van der Waals surface area (Å²) in [6.07, 6.45) is 6.19. The maximum absolute atomic E-state index is 11.4. The van der Waals surface area contributed by atoms with Gasteiger partial charge in [0.1, 0.15) is 0 Å². The Morgan fingerprint density at radius 2 is 2.42 bits per heavy atom. The Labute approximate surface area is 73.6 Å². The average Bonchev–Trinajstić information content (AvgIpc) is 2.05. The molecule has 0 N–H and O–H groups in total. The van der Waals surface area contributed by atoms with Crippen LogP contribution in [0, 0.1) is 11.8 Å². The maximum Gasteiger partial charge on any atom is 0.309 e. The highest BCUT2D eigenvalue weighted by Gasteiger charge is 2.25. The molecule has 0 aromatic carbocycles. The summed E-state index contributed by atoms with van der Waals surface area (Å²) in [6, 6.07) is 0. The van der Waals surface area contributed by atoms with Gasteiger partial charge in [0.05, 0.1) is 12.5 Å². The van der Waals surface area contributed by atoms with E-state index in [0.717, 1.165) is 12.8 Å². The molecule has 1 aliphatic rings. The van der Waals surface area contributed by atoms with Crippen molar-refractivity contribution in [2.24, 2.45) is 11.8 Å². The SMILES string of the molecule is CCOC(=O)C1CCC=CC1C. The van der Waals surface area contributed by atoms with Crippen LogP contribution in [0.15, 0.2) is 12.2 Å².